The van der Waals surface area contributed by atoms with E-state index in [2.05, 4.69) is 35.6 Å². The van der Waals surface area contributed by atoms with Crippen LogP contribution in [-0.4, -0.2) is 7.05 Å². The zero-order chi connectivity index (χ0) is 13.5. The van der Waals surface area contributed by atoms with E-state index in [1.807, 2.05) is 25.2 Å². The van der Waals surface area contributed by atoms with Crippen molar-refractivity contribution >= 4 is 11.0 Å². The molecule has 0 spiro atoms. The molecule has 1 unspecified atom stereocenters. The van der Waals surface area contributed by atoms with Gasteiger partial charge in [-0.25, -0.2) is 0 Å². The van der Waals surface area contributed by atoms with Crippen LogP contribution in [0.4, 0.5) is 0 Å². The van der Waals surface area contributed by atoms with Gasteiger partial charge in [-0.05, 0) is 49.2 Å². The minimum Gasteiger partial charge on any atom is -0.456 e. The highest BCUT2D eigenvalue weighted by molar-refractivity contribution is 5.82. The molecule has 1 aromatic heterocycles. The van der Waals surface area contributed by atoms with Crippen molar-refractivity contribution in [2.75, 3.05) is 7.05 Å². The fourth-order valence-corrected chi connectivity index (χ4v) is 3.19. The van der Waals surface area contributed by atoms with Gasteiger partial charge in [-0.1, -0.05) is 30.3 Å². The Morgan fingerprint density at radius 1 is 1.10 bits per heavy atom. The molecule has 1 aliphatic rings. The molecule has 1 atom stereocenters. The van der Waals surface area contributed by atoms with Crippen molar-refractivity contribution in [3.63, 3.8) is 0 Å². The molecular formula is C18H17NO. The third kappa shape index (κ3) is 1.76. The summed E-state index contributed by atoms with van der Waals surface area (Å²) in [5, 5.41) is 4.54. The van der Waals surface area contributed by atoms with Crippen LogP contribution < -0.4 is 5.32 Å². The summed E-state index contributed by atoms with van der Waals surface area (Å²) in [5.41, 5.74) is 5.02. The summed E-state index contributed by atoms with van der Waals surface area (Å²) < 4.78 is 5.95. The maximum Gasteiger partial charge on any atom is 0.135 e. The average Bonchev–Trinajstić information content (AvgIpc) is 3.10. The van der Waals surface area contributed by atoms with E-state index in [9.17, 15) is 0 Å². The summed E-state index contributed by atoms with van der Waals surface area (Å²) >= 11 is 0. The predicted molar refractivity (Wildman–Crippen MR) is 81.8 cm³/mol. The van der Waals surface area contributed by atoms with Gasteiger partial charge >= 0.3 is 0 Å². The Hall–Kier alpha value is -2.06. The molecule has 0 saturated heterocycles. The average molecular weight is 263 g/mol. The third-order valence-electron chi connectivity index (χ3n) is 4.28. The second-order valence-corrected chi connectivity index (χ2v) is 5.44. The largest absolute Gasteiger partial charge is 0.456 e. The van der Waals surface area contributed by atoms with Crippen LogP contribution >= 0.6 is 0 Å². The summed E-state index contributed by atoms with van der Waals surface area (Å²) in [6.07, 6.45) is 2.34. The molecule has 1 heterocycles. The molecule has 1 N–H and O–H groups in total. The van der Waals surface area contributed by atoms with E-state index in [-0.39, 0.29) is 0 Å². The zero-order valence-corrected chi connectivity index (χ0v) is 11.5. The number of rotatable bonds is 2. The van der Waals surface area contributed by atoms with E-state index in [1.54, 1.807) is 0 Å². The van der Waals surface area contributed by atoms with E-state index in [0.29, 0.717) is 6.04 Å². The molecule has 2 heteroatoms. The number of hydrogen-bond acceptors (Lipinski definition) is 2. The van der Waals surface area contributed by atoms with E-state index >= 15 is 0 Å². The molecule has 0 aliphatic heterocycles. The molecule has 0 bridgehead atoms. The molecule has 20 heavy (non-hydrogen) atoms. The molecule has 0 saturated carbocycles. The van der Waals surface area contributed by atoms with Crippen LogP contribution in [0.15, 0.2) is 52.9 Å². The second kappa shape index (κ2) is 4.50. The highest BCUT2D eigenvalue weighted by atomic mass is 16.3. The van der Waals surface area contributed by atoms with E-state index < -0.39 is 0 Å². The van der Waals surface area contributed by atoms with E-state index in [4.69, 9.17) is 4.42 Å². The number of fused-ring (bicyclic) bond motifs is 2. The highest BCUT2D eigenvalue weighted by Crippen LogP contribution is 2.35. The topological polar surface area (TPSA) is 25.2 Å². The van der Waals surface area contributed by atoms with Crippen molar-refractivity contribution in [1.82, 2.24) is 5.32 Å². The molecule has 0 fully saturated rings. The fraction of sp³-hybridized carbons (Fsp3) is 0.222. The SMILES string of the molecule is CNC1CCc2cc(-c3cc4ccccc4o3)ccc21. The maximum absolute atomic E-state index is 5.95. The molecule has 1 aliphatic carbocycles. The first-order chi connectivity index (χ1) is 9.85. The monoisotopic (exact) mass is 263 g/mol. The lowest BCUT2D eigenvalue weighted by molar-refractivity contribution is 0.590. The lowest BCUT2D eigenvalue weighted by atomic mass is 10.0. The van der Waals surface area contributed by atoms with Crippen LogP contribution in [0.1, 0.15) is 23.6 Å². The van der Waals surface area contributed by atoms with Gasteiger partial charge in [-0.3, -0.25) is 0 Å². The van der Waals surface area contributed by atoms with Gasteiger partial charge < -0.3 is 9.73 Å². The van der Waals surface area contributed by atoms with Crippen molar-refractivity contribution in [2.45, 2.75) is 18.9 Å². The first kappa shape index (κ1) is 11.7. The van der Waals surface area contributed by atoms with Crippen LogP contribution in [-0.2, 0) is 6.42 Å². The minimum absolute atomic E-state index is 0.509. The van der Waals surface area contributed by atoms with Gasteiger partial charge in [-0.2, -0.15) is 0 Å². The van der Waals surface area contributed by atoms with Crippen LogP contribution in [0.2, 0.25) is 0 Å². The van der Waals surface area contributed by atoms with Gasteiger partial charge in [0.15, 0.2) is 0 Å². The zero-order valence-electron chi connectivity index (χ0n) is 11.5. The second-order valence-electron chi connectivity index (χ2n) is 5.44. The fourth-order valence-electron chi connectivity index (χ4n) is 3.19. The first-order valence-corrected chi connectivity index (χ1v) is 7.14. The van der Waals surface area contributed by atoms with Gasteiger partial charge in [-0.15, -0.1) is 0 Å². The number of para-hydroxylation sites is 1. The van der Waals surface area contributed by atoms with E-state index in [1.165, 1.54) is 23.1 Å². The maximum atomic E-state index is 5.95. The Bertz CT molecular complexity index is 739. The van der Waals surface area contributed by atoms with Gasteiger partial charge in [0.1, 0.15) is 11.3 Å². The Morgan fingerprint density at radius 2 is 2.00 bits per heavy atom. The van der Waals surface area contributed by atoms with Crippen molar-refractivity contribution in [3.05, 3.63) is 59.7 Å². The van der Waals surface area contributed by atoms with Crippen molar-refractivity contribution in [2.24, 2.45) is 0 Å². The highest BCUT2D eigenvalue weighted by Gasteiger charge is 2.21. The molecular weight excluding hydrogens is 246 g/mol. The summed E-state index contributed by atoms with van der Waals surface area (Å²) in [6.45, 7) is 0. The number of furan rings is 1. The summed E-state index contributed by atoms with van der Waals surface area (Å²) in [5.74, 6) is 0.960. The van der Waals surface area contributed by atoms with Crippen LogP contribution in [0.3, 0.4) is 0 Å². The number of benzene rings is 2. The van der Waals surface area contributed by atoms with Crippen molar-refractivity contribution in [3.8, 4) is 11.3 Å². The summed E-state index contributed by atoms with van der Waals surface area (Å²) in [4.78, 5) is 0. The van der Waals surface area contributed by atoms with Crippen LogP contribution in [0, 0.1) is 0 Å². The van der Waals surface area contributed by atoms with Gasteiger partial charge in [0.05, 0.1) is 0 Å². The lowest BCUT2D eigenvalue weighted by Crippen LogP contribution is -2.12. The third-order valence-corrected chi connectivity index (χ3v) is 4.28. The number of aryl methyl sites for hydroxylation is 1. The molecule has 3 aromatic rings. The first-order valence-electron chi connectivity index (χ1n) is 7.14. The molecule has 100 valence electrons. The molecule has 4 rings (SSSR count). The molecule has 0 radical (unpaired) electrons. The Balaban J connectivity index is 1.79. The Kier molecular flexibility index (Phi) is 2.64. The minimum atomic E-state index is 0.509. The molecule has 2 aromatic carbocycles. The molecule has 0 amide bonds. The number of hydrogen-bond donors (Lipinski definition) is 1. The number of nitrogens with one attached hydrogen (secondary N) is 1. The summed E-state index contributed by atoms with van der Waals surface area (Å²) in [7, 11) is 2.03. The van der Waals surface area contributed by atoms with Gasteiger partial charge in [0, 0.05) is 17.0 Å². The van der Waals surface area contributed by atoms with Crippen LogP contribution in [0.25, 0.3) is 22.3 Å². The molecule has 2 nitrogen and oxygen atoms in total. The predicted octanol–water partition coefficient (Wildman–Crippen LogP) is 4.31. The quantitative estimate of drug-likeness (QED) is 0.745. The van der Waals surface area contributed by atoms with Gasteiger partial charge in [0.25, 0.3) is 0 Å². The lowest BCUT2D eigenvalue weighted by Gasteiger charge is -2.10. The Labute approximate surface area is 118 Å². The standard InChI is InChI=1S/C18H17NO/c1-19-16-9-7-12-10-14(6-8-15(12)16)18-11-13-4-2-3-5-17(13)20-18/h2-6,8,10-11,16,19H,7,9H2,1H3. The smallest absolute Gasteiger partial charge is 0.135 e. The van der Waals surface area contributed by atoms with E-state index in [0.717, 1.165) is 23.2 Å². The Morgan fingerprint density at radius 3 is 2.85 bits per heavy atom. The van der Waals surface area contributed by atoms with Crippen molar-refractivity contribution < 1.29 is 4.42 Å². The van der Waals surface area contributed by atoms with Crippen LogP contribution in [0.5, 0.6) is 0 Å². The van der Waals surface area contributed by atoms with Gasteiger partial charge in [0.2, 0.25) is 0 Å². The van der Waals surface area contributed by atoms with Crippen molar-refractivity contribution in [1.29, 1.82) is 0 Å². The summed E-state index contributed by atoms with van der Waals surface area (Å²) in [6, 6.07) is 17.5. The normalized spacial score (nSPS) is 17.6.